The van der Waals surface area contributed by atoms with Gasteiger partial charge in [-0.3, -0.25) is 14.9 Å². The van der Waals surface area contributed by atoms with Gasteiger partial charge in [0.2, 0.25) is 0 Å². The highest BCUT2D eigenvalue weighted by atomic mass is 35.5. The van der Waals surface area contributed by atoms with Gasteiger partial charge in [0.15, 0.2) is 5.78 Å². The third-order valence-electron chi connectivity index (χ3n) is 2.80. The van der Waals surface area contributed by atoms with Gasteiger partial charge < -0.3 is 5.32 Å². The van der Waals surface area contributed by atoms with Gasteiger partial charge in [-0.2, -0.15) is 0 Å². The molecule has 0 aliphatic rings. The van der Waals surface area contributed by atoms with Crippen LogP contribution in [0.2, 0.25) is 10.0 Å². The molecule has 7 heteroatoms. The van der Waals surface area contributed by atoms with Crippen LogP contribution in [0.3, 0.4) is 0 Å². The topological polar surface area (TPSA) is 72.2 Å². The molecule has 0 spiro atoms. The van der Waals surface area contributed by atoms with Gasteiger partial charge in [0.05, 0.1) is 15.6 Å². The zero-order valence-electron chi connectivity index (χ0n) is 10.9. The van der Waals surface area contributed by atoms with Crippen LogP contribution in [0.5, 0.6) is 0 Å². The summed E-state index contributed by atoms with van der Waals surface area (Å²) in [5.41, 5.74) is 0.736. The third-order valence-corrected chi connectivity index (χ3v) is 3.36. The number of halogens is 2. The lowest BCUT2D eigenvalue weighted by molar-refractivity contribution is -0.383. The SMILES string of the molecule is CC(=O)c1ccc(Nc2cc(Cl)ccc2Cl)c([N+](=O)[O-])c1. The Morgan fingerprint density at radius 3 is 2.48 bits per heavy atom. The number of nitrogens with one attached hydrogen (secondary N) is 1. The van der Waals surface area contributed by atoms with Gasteiger partial charge in [-0.05, 0) is 37.3 Å². The van der Waals surface area contributed by atoms with Crippen LogP contribution in [-0.2, 0) is 0 Å². The first-order valence-electron chi connectivity index (χ1n) is 5.90. The first-order valence-corrected chi connectivity index (χ1v) is 6.65. The van der Waals surface area contributed by atoms with Crippen molar-refractivity contribution in [2.24, 2.45) is 0 Å². The summed E-state index contributed by atoms with van der Waals surface area (Å²) >= 11 is 11.9. The average molecular weight is 325 g/mol. The van der Waals surface area contributed by atoms with E-state index in [1.54, 1.807) is 18.2 Å². The number of carbonyl (C=O) groups excluding carboxylic acids is 1. The number of carbonyl (C=O) groups is 1. The molecule has 0 fully saturated rings. The van der Waals surface area contributed by atoms with E-state index in [1.807, 2.05) is 0 Å². The van der Waals surface area contributed by atoms with Crippen LogP contribution >= 0.6 is 23.2 Å². The predicted molar refractivity (Wildman–Crippen MR) is 82.8 cm³/mol. The number of nitro benzene ring substituents is 1. The number of hydrogen-bond donors (Lipinski definition) is 1. The summed E-state index contributed by atoms with van der Waals surface area (Å²) < 4.78 is 0. The molecular formula is C14H10Cl2N2O3. The van der Waals surface area contributed by atoms with Gasteiger partial charge >= 0.3 is 0 Å². The summed E-state index contributed by atoms with van der Waals surface area (Å²) in [4.78, 5) is 21.9. The third kappa shape index (κ3) is 3.51. The zero-order chi connectivity index (χ0) is 15.6. The summed E-state index contributed by atoms with van der Waals surface area (Å²) in [5, 5.41) is 14.8. The number of ketones is 1. The van der Waals surface area contributed by atoms with Gasteiger partial charge in [-0.15, -0.1) is 0 Å². The highest BCUT2D eigenvalue weighted by molar-refractivity contribution is 6.35. The standard InChI is InChI=1S/C14H10Cl2N2O3/c1-8(19)9-2-5-12(14(6-9)18(20)21)17-13-7-10(15)3-4-11(13)16/h2-7,17H,1H3. The second kappa shape index (κ2) is 6.11. The molecule has 0 atom stereocenters. The van der Waals surface area contributed by atoms with Gasteiger partial charge in [-0.25, -0.2) is 0 Å². The van der Waals surface area contributed by atoms with E-state index in [9.17, 15) is 14.9 Å². The Kier molecular flexibility index (Phi) is 4.45. The molecule has 21 heavy (non-hydrogen) atoms. The number of Topliss-reactive ketones (excluding diaryl/α,β-unsaturated/α-hetero) is 1. The number of nitrogens with zero attached hydrogens (tertiary/aromatic N) is 1. The van der Waals surface area contributed by atoms with Crippen LogP contribution in [0.1, 0.15) is 17.3 Å². The maximum absolute atomic E-state index is 11.3. The first kappa shape index (κ1) is 15.3. The number of rotatable bonds is 4. The van der Waals surface area contributed by atoms with Gasteiger partial charge in [0.1, 0.15) is 5.69 Å². The van der Waals surface area contributed by atoms with Crippen LogP contribution < -0.4 is 5.32 Å². The fraction of sp³-hybridized carbons (Fsp3) is 0.0714. The molecule has 0 aliphatic carbocycles. The van der Waals surface area contributed by atoms with Gasteiger partial charge in [0, 0.05) is 16.7 Å². The molecular weight excluding hydrogens is 315 g/mol. The van der Waals surface area contributed by atoms with E-state index in [0.29, 0.717) is 15.7 Å². The summed E-state index contributed by atoms with van der Waals surface area (Å²) in [6.07, 6.45) is 0. The minimum atomic E-state index is -0.562. The van der Waals surface area contributed by atoms with Crippen molar-refractivity contribution in [1.82, 2.24) is 0 Å². The molecule has 108 valence electrons. The van der Waals surface area contributed by atoms with Crippen molar-refractivity contribution in [2.45, 2.75) is 6.92 Å². The smallest absolute Gasteiger partial charge is 0.293 e. The van der Waals surface area contributed by atoms with E-state index in [4.69, 9.17) is 23.2 Å². The van der Waals surface area contributed by atoms with Crippen molar-refractivity contribution in [1.29, 1.82) is 0 Å². The number of benzene rings is 2. The molecule has 0 aliphatic heterocycles. The van der Waals surface area contributed by atoms with Gasteiger partial charge in [-0.1, -0.05) is 23.2 Å². The van der Waals surface area contributed by atoms with E-state index in [0.717, 1.165) is 0 Å². The monoisotopic (exact) mass is 324 g/mol. The number of nitro groups is 1. The molecule has 1 N–H and O–H groups in total. The lowest BCUT2D eigenvalue weighted by Crippen LogP contribution is -2.00. The molecule has 5 nitrogen and oxygen atoms in total. The molecule has 2 aromatic carbocycles. The summed E-state index contributed by atoms with van der Waals surface area (Å²) in [5.74, 6) is -0.245. The minimum absolute atomic E-state index is 0.209. The normalized spacial score (nSPS) is 10.2. The quantitative estimate of drug-likeness (QED) is 0.495. The molecule has 0 amide bonds. The Hall–Kier alpha value is -2.11. The van der Waals surface area contributed by atoms with Crippen molar-refractivity contribution >= 4 is 46.0 Å². The fourth-order valence-electron chi connectivity index (χ4n) is 1.75. The maximum atomic E-state index is 11.3. The van der Waals surface area contributed by atoms with Crippen LogP contribution in [0, 0.1) is 10.1 Å². The minimum Gasteiger partial charge on any atom is -0.349 e. The summed E-state index contributed by atoms with van der Waals surface area (Å²) in [6.45, 7) is 1.35. The molecule has 2 rings (SSSR count). The van der Waals surface area contributed by atoms with E-state index >= 15 is 0 Å². The Bertz CT molecular complexity index is 732. The highest BCUT2D eigenvalue weighted by Crippen LogP contribution is 2.33. The Balaban J connectivity index is 2.46. The summed E-state index contributed by atoms with van der Waals surface area (Å²) in [7, 11) is 0. The highest BCUT2D eigenvalue weighted by Gasteiger charge is 2.17. The first-order chi connectivity index (χ1) is 9.88. The molecule has 2 aromatic rings. The van der Waals surface area contributed by atoms with E-state index in [2.05, 4.69) is 5.32 Å². The van der Waals surface area contributed by atoms with Crippen molar-refractivity contribution in [3.63, 3.8) is 0 Å². The van der Waals surface area contributed by atoms with Crippen LogP contribution in [-0.4, -0.2) is 10.7 Å². The molecule has 0 radical (unpaired) electrons. The van der Waals surface area contributed by atoms with Crippen molar-refractivity contribution in [3.05, 3.63) is 62.1 Å². The lowest BCUT2D eigenvalue weighted by atomic mass is 10.1. The van der Waals surface area contributed by atoms with E-state index in [1.165, 1.54) is 25.1 Å². The van der Waals surface area contributed by atoms with E-state index in [-0.39, 0.29) is 22.7 Å². The second-order valence-corrected chi connectivity index (χ2v) is 5.14. The largest absolute Gasteiger partial charge is 0.349 e. The van der Waals surface area contributed by atoms with Crippen molar-refractivity contribution in [3.8, 4) is 0 Å². The maximum Gasteiger partial charge on any atom is 0.293 e. The predicted octanol–water partition coefficient (Wildman–Crippen LogP) is 4.85. The van der Waals surface area contributed by atoms with Crippen LogP contribution in [0.15, 0.2) is 36.4 Å². The van der Waals surface area contributed by atoms with Crippen LogP contribution in [0.25, 0.3) is 0 Å². The second-order valence-electron chi connectivity index (χ2n) is 4.29. The molecule has 0 unspecified atom stereocenters. The Morgan fingerprint density at radius 1 is 1.14 bits per heavy atom. The van der Waals surface area contributed by atoms with E-state index < -0.39 is 4.92 Å². The molecule has 0 saturated heterocycles. The Labute approximate surface area is 130 Å². The number of anilines is 2. The molecule has 0 bridgehead atoms. The van der Waals surface area contributed by atoms with Gasteiger partial charge in [0.25, 0.3) is 5.69 Å². The average Bonchev–Trinajstić information content (AvgIpc) is 2.42. The molecule has 0 aromatic heterocycles. The lowest BCUT2D eigenvalue weighted by Gasteiger charge is -2.10. The zero-order valence-corrected chi connectivity index (χ0v) is 12.4. The van der Waals surface area contributed by atoms with Crippen LogP contribution in [0.4, 0.5) is 17.1 Å². The Morgan fingerprint density at radius 2 is 1.86 bits per heavy atom. The molecule has 0 heterocycles. The fourth-order valence-corrected chi connectivity index (χ4v) is 2.08. The molecule has 0 saturated carbocycles. The summed E-state index contributed by atoms with van der Waals surface area (Å²) in [6, 6.07) is 8.96. The van der Waals surface area contributed by atoms with Crippen molar-refractivity contribution < 1.29 is 9.72 Å². The van der Waals surface area contributed by atoms with Crippen molar-refractivity contribution in [2.75, 3.05) is 5.32 Å². The number of hydrogen-bond acceptors (Lipinski definition) is 4.